The summed E-state index contributed by atoms with van der Waals surface area (Å²) in [5.41, 5.74) is 0.822. The van der Waals surface area contributed by atoms with E-state index in [9.17, 15) is 9.59 Å². The Morgan fingerprint density at radius 2 is 2.30 bits per heavy atom. The molecule has 3 N–H and O–H groups in total. The predicted molar refractivity (Wildman–Crippen MR) is 73.3 cm³/mol. The van der Waals surface area contributed by atoms with Crippen molar-refractivity contribution in [3.8, 4) is 0 Å². The molecule has 0 aliphatic carbocycles. The lowest BCUT2D eigenvalue weighted by Gasteiger charge is -2.13. The third-order valence-corrected chi connectivity index (χ3v) is 3.64. The quantitative estimate of drug-likeness (QED) is 0.769. The highest BCUT2D eigenvalue weighted by molar-refractivity contribution is 7.10. The molecule has 2 aromatic heterocycles. The van der Waals surface area contributed by atoms with Crippen LogP contribution >= 0.6 is 11.3 Å². The Hall–Kier alpha value is -2.35. The highest BCUT2D eigenvalue weighted by atomic mass is 32.1. The van der Waals surface area contributed by atoms with E-state index in [1.165, 1.54) is 11.3 Å². The minimum atomic E-state index is -1.09. The zero-order valence-electron chi connectivity index (χ0n) is 10.7. The summed E-state index contributed by atoms with van der Waals surface area (Å²) in [4.78, 5) is 23.5. The Bertz CT molecular complexity index is 594. The monoisotopic (exact) mass is 294 g/mol. The van der Waals surface area contributed by atoms with Gasteiger partial charge >= 0.3 is 12.0 Å². The minimum absolute atomic E-state index is 0.277. The van der Waals surface area contributed by atoms with Crippen LogP contribution in [0.3, 0.4) is 0 Å². The van der Waals surface area contributed by atoms with Gasteiger partial charge in [0.1, 0.15) is 0 Å². The molecule has 0 bridgehead atoms. The number of urea groups is 1. The van der Waals surface area contributed by atoms with Crippen molar-refractivity contribution in [1.29, 1.82) is 0 Å². The Balaban J connectivity index is 1.92. The van der Waals surface area contributed by atoms with E-state index in [4.69, 9.17) is 5.11 Å². The van der Waals surface area contributed by atoms with Crippen LogP contribution in [-0.2, 0) is 18.4 Å². The third kappa shape index (κ3) is 3.35. The second kappa shape index (κ2) is 6.20. The van der Waals surface area contributed by atoms with Crippen LogP contribution in [0.15, 0.2) is 29.8 Å². The lowest BCUT2D eigenvalue weighted by molar-refractivity contribution is -0.139. The average molecular weight is 294 g/mol. The second-order valence-corrected chi connectivity index (χ2v) is 5.04. The molecular weight excluding hydrogens is 280 g/mol. The van der Waals surface area contributed by atoms with Gasteiger partial charge in [0, 0.05) is 18.1 Å². The molecule has 2 heterocycles. The third-order valence-electron chi connectivity index (χ3n) is 2.70. The number of nitrogens with zero attached hydrogens (tertiary/aromatic N) is 2. The number of thiophene rings is 1. The van der Waals surface area contributed by atoms with Crippen molar-refractivity contribution in [3.05, 3.63) is 40.3 Å². The molecule has 7 nitrogen and oxygen atoms in total. The molecule has 2 amide bonds. The number of carbonyl (C=O) groups is 2. The van der Waals surface area contributed by atoms with Crippen LogP contribution in [0.1, 0.15) is 16.6 Å². The summed E-state index contributed by atoms with van der Waals surface area (Å²) in [6, 6.07) is 3.61. The molecule has 0 saturated heterocycles. The molecule has 0 aliphatic heterocycles. The Morgan fingerprint density at radius 1 is 1.50 bits per heavy atom. The number of aliphatic carboxylic acids is 1. The summed E-state index contributed by atoms with van der Waals surface area (Å²) in [7, 11) is 1.76. The number of amides is 2. The number of carbonyl (C=O) groups excluding carboxylic acids is 1. The van der Waals surface area contributed by atoms with Gasteiger partial charge in [0.15, 0.2) is 6.04 Å². The van der Waals surface area contributed by atoms with E-state index in [0.717, 1.165) is 5.69 Å². The molecule has 20 heavy (non-hydrogen) atoms. The van der Waals surface area contributed by atoms with E-state index in [1.807, 2.05) is 0 Å². The van der Waals surface area contributed by atoms with E-state index in [-0.39, 0.29) is 6.54 Å². The SMILES string of the molecule is Cn1nccc1CNC(=O)NC(C(=O)O)c1cccs1. The number of carboxylic acids is 1. The van der Waals surface area contributed by atoms with Crippen molar-refractivity contribution in [1.82, 2.24) is 20.4 Å². The fraction of sp³-hybridized carbons (Fsp3) is 0.250. The standard InChI is InChI=1S/C12H14N4O3S/c1-16-8(4-5-14-16)7-13-12(19)15-10(11(17)18)9-3-2-6-20-9/h2-6,10H,7H2,1H3,(H,17,18)(H2,13,15,19). The number of rotatable bonds is 5. The molecule has 1 unspecified atom stereocenters. The highest BCUT2D eigenvalue weighted by Crippen LogP contribution is 2.18. The Kier molecular flexibility index (Phi) is 4.36. The van der Waals surface area contributed by atoms with E-state index in [2.05, 4.69) is 15.7 Å². The fourth-order valence-corrected chi connectivity index (χ4v) is 2.41. The number of aromatic nitrogens is 2. The molecule has 0 fully saturated rings. The van der Waals surface area contributed by atoms with Crippen molar-refractivity contribution >= 4 is 23.3 Å². The lowest BCUT2D eigenvalue weighted by Crippen LogP contribution is -2.40. The topological polar surface area (TPSA) is 96.3 Å². The van der Waals surface area contributed by atoms with Crippen LogP contribution in [0.4, 0.5) is 4.79 Å². The van der Waals surface area contributed by atoms with Crippen LogP contribution in [0.5, 0.6) is 0 Å². The molecule has 0 radical (unpaired) electrons. The van der Waals surface area contributed by atoms with Gasteiger partial charge in [-0.15, -0.1) is 11.3 Å². The normalized spacial score (nSPS) is 11.8. The number of hydrogen-bond acceptors (Lipinski definition) is 4. The van der Waals surface area contributed by atoms with Gasteiger partial charge in [-0.1, -0.05) is 6.07 Å². The summed E-state index contributed by atoms with van der Waals surface area (Å²) in [5.74, 6) is -1.09. The van der Waals surface area contributed by atoms with Crippen LogP contribution in [0.25, 0.3) is 0 Å². The largest absolute Gasteiger partial charge is 0.479 e. The zero-order valence-corrected chi connectivity index (χ0v) is 11.6. The maximum atomic E-state index is 11.7. The predicted octanol–water partition coefficient (Wildman–Crippen LogP) is 1.11. The molecular formula is C12H14N4O3S. The number of carboxylic acid groups (broad SMARTS) is 1. The molecule has 8 heteroatoms. The highest BCUT2D eigenvalue weighted by Gasteiger charge is 2.22. The Morgan fingerprint density at radius 3 is 2.85 bits per heavy atom. The smallest absolute Gasteiger partial charge is 0.331 e. The van der Waals surface area contributed by atoms with Gasteiger partial charge in [-0.2, -0.15) is 5.10 Å². The van der Waals surface area contributed by atoms with E-state index >= 15 is 0 Å². The van der Waals surface area contributed by atoms with Crippen molar-refractivity contribution in [3.63, 3.8) is 0 Å². The van der Waals surface area contributed by atoms with Gasteiger partial charge in [0.2, 0.25) is 0 Å². The van der Waals surface area contributed by atoms with E-state index in [1.54, 1.807) is 41.5 Å². The van der Waals surface area contributed by atoms with Crippen molar-refractivity contribution in [2.45, 2.75) is 12.6 Å². The average Bonchev–Trinajstić information content (AvgIpc) is 3.04. The van der Waals surface area contributed by atoms with Crippen LogP contribution in [-0.4, -0.2) is 26.9 Å². The first-order valence-electron chi connectivity index (χ1n) is 5.85. The van der Waals surface area contributed by atoms with Crippen molar-refractivity contribution in [2.24, 2.45) is 7.05 Å². The van der Waals surface area contributed by atoms with Crippen LogP contribution in [0, 0.1) is 0 Å². The van der Waals surface area contributed by atoms with Crippen molar-refractivity contribution < 1.29 is 14.7 Å². The summed E-state index contributed by atoms with van der Waals surface area (Å²) in [6.07, 6.45) is 1.63. The van der Waals surface area contributed by atoms with Gasteiger partial charge in [-0.25, -0.2) is 9.59 Å². The van der Waals surface area contributed by atoms with Gasteiger partial charge < -0.3 is 15.7 Å². The number of hydrogen-bond donors (Lipinski definition) is 3. The summed E-state index contributed by atoms with van der Waals surface area (Å²) < 4.78 is 1.63. The van der Waals surface area contributed by atoms with Gasteiger partial charge in [0.25, 0.3) is 0 Å². The molecule has 0 aliphatic rings. The molecule has 106 valence electrons. The first-order chi connectivity index (χ1) is 9.58. The fourth-order valence-electron chi connectivity index (χ4n) is 1.64. The van der Waals surface area contributed by atoms with E-state index in [0.29, 0.717) is 4.88 Å². The van der Waals surface area contributed by atoms with Crippen LogP contribution < -0.4 is 10.6 Å². The summed E-state index contributed by atoms with van der Waals surface area (Å²) in [6.45, 7) is 0.277. The molecule has 2 rings (SSSR count). The number of nitrogens with one attached hydrogen (secondary N) is 2. The van der Waals surface area contributed by atoms with Gasteiger partial charge in [-0.05, 0) is 17.5 Å². The lowest BCUT2D eigenvalue weighted by atomic mass is 10.2. The molecule has 2 aromatic rings. The molecule has 0 saturated carbocycles. The van der Waals surface area contributed by atoms with Crippen molar-refractivity contribution in [2.75, 3.05) is 0 Å². The van der Waals surface area contributed by atoms with E-state index < -0.39 is 18.0 Å². The maximum Gasteiger partial charge on any atom is 0.331 e. The first kappa shape index (κ1) is 14.1. The Labute approximate surface area is 119 Å². The summed E-state index contributed by atoms with van der Waals surface area (Å²) in [5, 5.41) is 19.9. The first-order valence-corrected chi connectivity index (χ1v) is 6.73. The maximum absolute atomic E-state index is 11.7. The van der Waals surface area contributed by atoms with Crippen LogP contribution in [0.2, 0.25) is 0 Å². The van der Waals surface area contributed by atoms with Gasteiger partial charge in [-0.3, -0.25) is 4.68 Å². The zero-order chi connectivity index (χ0) is 14.5. The molecule has 0 spiro atoms. The van der Waals surface area contributed by atoms with Gasteiger partial charge in [0.05, 0.1) is 12.2 Å². The number of aryl methyl sites for hydroxylation is 1. The molecule has 0 aromatic carbocycles. The summed E-state index contributed by atoms with van der Waals surface area (Å²) >= 11 is 1.28. The molecule has 1 atom stereocenters. The second-order valence-electron chi connectivity index (χ2n) is 4.06. The minimum Gasteiger partial charge on any atom is -0.479 e.